The zero-order chi connectivity index (χ0) is 30.5. The normalized spacial score (nSPS) is 20.2. The van der Waals surface area contributed by atoms with Crippen molar-refractivity contribution in [3.63, 3.8) is 0 Å². The van der Waals surface area contributed by atoms with Gasteiger partial charge in [-0.2, -0.15) is 0 Å². The molecule has 3 aromatic carbocycles. The molecule has 0 bridgehead atoms. The van der Waals surface area contributed by atoms with Crippen molar-refractivity contribution >= 4 is 17.9 Å². The minimum atomic E-state index is -0.966. The molecule has 3 aromatic rings. The van der Waals surface area contributed by atoms with Crippen molar-refractivity contribution < 1.29 is 19.5 Å². The number of rotatable bonds is 9. The van der Waals surface area contributed by atoms with Crippen LogP contribution < -0.4 is 5.32 Å². The van der Waals surface area contributed by atoms with E-state index < -0.39 is 5.97 Å². The van der Waals surface area contributed by atoms with E-state index in [1.807, 2.05) is 41.3 Å². The van der Waals surface area contributed by atoms with Crippen molar-refractivity contribution in [1.29, 1.82) is 0 Å². The summed E-state index contributed by atoms with van der Waals surface area (Å²) in [5.74, 6) is -0.942. The summed E-state index contributed by atoms with van der Waals surface area (Å²) in [6, 6.07) is 25.5. The van der Waals surface area contributed by atoms with Gasteiger partial charge in [0.05, 0.1) is 11.6 Å². The average molecular weight is 595 g/mol. The van der Waals surface area contributed by atoms with Crippen LogP contribution in [-0.2, 0) is 13.1 Å². The number of nitrogens with zero attached hydrogens (tertiary/aromatic N) is 3. The fourth-order valence-electron chi connectivity index (χ4n) is 7.07. The van der Waals surface area contributed by atoms with E-state index in [1.54, 1.807) is 18.2 Å². The Morgan fingerprint density at radius 3 is 2.20 bits per heavy atom. The van der Waals surface area contributed by atoms with Gasteiger partial charge in [0, 0.05) is 50.4 Å². The van der Waals surface area contributed by atoms with Crippen LogP contribution in [-0.4, -0.2) is 69.4 Å². The maximum Gasteiger partial charge on any atom is 0.335 e. The Bertz CT molecular complexity index is 1450. The largest absolute Gasteiger partial charge is 0.478 e. The van der Waals surface area contributed by atoms with Crippen LogP contribution in [0.1, 0.15) is 88.4 Å². The SMILES string of the molecule is O=C(O)c1cccc(CN2CC(c3ccccc3)N(C3CCN(Cc4ccc(C(=O)NC5CCCCC5)cc4)CC3)C2=O)c1. The third-order valence-electron chi connectivity index (χ3n) is 9.47. The molecule has 8 heteroatoms. The van der Waals surface area contributed by atoms with Gasteiger partial charge in [0.15, 0.2) is 0 Å². The molecule has 1 unspecified atom stereocenters. The van der Waals surface area contributed by atoms with Crippen LogP contribution in [0.3, 0.4) is 0 Å². The maximum atomic E-state index is 13.9. The zero-order valence-electron chi connectivity index (χ0n) is 25.2. The quantitative estimate of drug-likeness (QED) is 0.313. The number of hydrogen-bond acceptors (Lipinski definition) is 4. The minimum absolute atomic E-state index is 0.0140. The molecule has 2 saturated heterocycles. The van der Waals surface area contributed by atoms with E-state index in [0.717, 1.165) is 62.0 Å². The zero-order valence-corrected chi connectivity index (χ0v) is 25.2. The number of benzene rings is 3. The van der Waals surface area contributed by atoms with Crippen LogP contribution in [0.4, 0.5) is 4.79 Å². The standard InChI is InChI=1S/C36H42N4O4/c41-34(37-31-12-5-2-6-13-31)29-16-14-26(15-17-29)23-38-20-18-32(19-21-38)40-33(28-9-3-1-4-10-28)25-39(36(40)44)24-27-8-7-11-30(22-27)35(42)43/h1,3-4,7-11,14-17,22,31-33H,2,5-6,12-13,18-21,23-25H2,(H,37,41)(H,42,43). The number of hydrogen-bond donors (Lipinski definition) is 2. The van der Waals surface area contributed by atoms with Gasteiger partial charge < -0.3 is 20.2 Å². The number of carbonyl (C=O) groups is 3. The van der Waals surface area contributed by atoms with Crippen molar-refractivity contribution in [1.82, 2.24) is 20.0 Å². The average Bonchev–Trinajstić information content (AvgIpc) is 3.38. The van der Waals surface area contributed by atoms with Crippen LogP contribution in [0.2, 0.25) is 0 Å². The third-order valence-corrected chi connectivity index (χ3v) is 9.47. The Kier molecular flexibility index (Phi) is 9.26. The first-order valence-corrected chi connectivity index (χ1v) is 16.0. The Balaban J connectivity index is 1.07. The van der Waals surface area contributed by atoms with Crippen LogP contribution in [0, 0.1) is 0 Å². The lowest BCUT2D eigenvalue weighted by atomic mass is 9.95. The molecule has 1 atom stereocenters. The molecule has 44 heavy (non-hydrogen) atoms. The highest BCUT2D eigenvalue weighted by molar-refractivity contribution is 5.94. The van der Waals surface area contributed by atoms with E-state index in [1.165, 1.54) is 24.8 Å². The Morgan fingerprint density at radius 1 is 0.773 bits per heavy atom. The van der Waals surface area contributed by atoms with Crippen molar-refractivity contribution in [2.24, 2.45) is 0 Å². The van der Waals surface area contributed by atoms with Gasteiger partial charge >= 0.3 is 12.0 Å². The number of nitrogens with one attached hydrogen (secondary N) is 1. The number of aromatic carboxylic acids is 1. The lowest BCUT2D eigenvalue weighted by Crippen LogP contribution is -2.47. The van der Waals surface area contributed by atoms with Gasteiger partial charge in [-0.1, -0.05) is 73.9 Å². The van der Waals surface area contributed by atoms with Crippen molar-refractivity contribution in [2.45, 2.75) is 76.2 Å². The predicted octanol–water partition coefficient (Wildman–Crippen LogP) is 6.09. The summed E-state index contributed by atoms with van der Waals surface area (Å²) >= 11 is 0. The van der Waals surface area contributed by atoms with Gasteiger partial charge in [0.1, 0.15) is 0 Å². The lowest BCUT2D eigenvalue weighted by Gasteiger charge is -2.39. The van der Waals surface area contributed by atoms with E-state index in [9.17, 15) is 19.5 Å². The molecule has 0 spiro atoms. The molecule has 0 radical (unpaired) electrons. The van der Waals surface area contributed by atoms with E-state index in [4.69, 9.17) is 0 Å². The summed E-state index contributed by atoms with van der Waals surface area (Å²) in [4.78, 5) is 44.5. The van der Waals surface area contributed by atoms with Gasteiger partial charge in [-0.15, -0.1) is 0 Å². The first-order valence-electron chi connectivity index (χ1n) is 16.0. The van der Waals surface area contributed by atoms with E-state index in [0.29, 0.717) is 19.1 Å². The molecule has 2 heterocycles. The summed E-state index contributed by atoms with van der Waals surface area (Å²) < 4.78 is 0. The Hall–Kier alpha value is -4.17. The van der Waals surface area contributed by atoms with Crippen LogP contribution in [0.15, 0.2) is 78.9 Å². The predicted molar refractivity (Wildman–Crippen MR) is 169 cm³/mol. The molecule has 1 saturated carbocycles. The highest BCUT2D eigenvalue weighted by Gasteiger charge is 2.42. The topological polar surface area (TPSA) is 93.2 Å². The number of carboxylic acids is 1. The first-order chi connectivity index (χ1) is 21.4. The maximum absolute atomic E-state index is 13.9. The smallest absolute Gasteiger partial charge is 0.335 e. The molecule has 6 rings (SSSR count). The highest BCUT2D eigenvalue weighted by atomic mass is 16.4. The molecule has 8 nitrogen and oxygen atoms in total. The first kappa shape index (κ1) is 29.9. The van der Waals surface area contributed by atoms with E-state index in [2.05, 4.69) is 39.4 Å². The van der Waals surface area contributed by atoms with Crippen LogP contribution in [0.5, 0.6) is 0 Å². The van der Waals surface area contributed by atoms with Gasteiger partial charge in [0.2, 0.25) is 0 Å². The van der Waals surface area contributed by atoms with E-state index >= 15 is 0 Å². The number of carboxylic acid groups (broad SMARTS) is 1. The van der Waals surface area contributed by atoms with Crippen molar-refractivity contribution in [2.75, 3.05) is 19.6 Å². The number of carbonyl (C=O) groups excluding carboxylic acids is 2. The second-order valence-corrected chi connectivity index (χ2v) is 12.5. The molecule has 0 aromatic heterocycles. The molecule has 2 N–H and O–H groups in total. The van der Waals surface area contributed by atoms with Crippen LogP contribution >= 0.6 is 0 Å². The molecule has 3 amide bonds. The van der Waals surface area contributed by atoms with Crippen molar-refractivity contribution in [3.05, 3.63) is 107 Å². The lowest BCUT2D eigenvalue weighted by molar-refractivity contribution is 0.0696. The van der Waals surface area contributed by atoms with Crippen molar-refractivity contribution in [3.8, 4) is 0 Å². The molecular formula is C36H42N4O4. The Morgan fingerprint density at radius 2 is 1.50 bits per heavy atom. The van der Waals surface area contributed by atoms with Gasteiger partial charge in [0.25, 0.3) is 5.91 Å². The summed E-state index contributed by atoms with van der Waals surface area (Å²) in [7, 11) is 0. The second-order valence-electron chi connectivity index (χ2n) is 12.5. The molecule has 230 valence electrons. The third kappa shape index (κ3) is 6.97. The second kappa shape index (κ2) is 13.6. The Labute approximate surface area is 259 Å². The molecule has 2 aliphatic heterocycles. The van der Waals surface area contributed by atoms with Gasteiger partial charge in [-0.05, 0) is 66.6 Å². The highest BCUT2D eigenvalue weighted by Crippen LogP contribution is 2.35. The summed E-state index contributed by atoms with van der Waals surface area (Å²) in [6.45, 7) is 3.55. The summed E-state index contributed by atoms with van der Waals surface area (Å²) in [6.07, 6.45) is 7.59. The molecule has 1 aliphatic carbocycles. The summed E-state index contributed by atoms with van der Waals surface area (Å²) in [5.41, 5.74) is 4.08. The number of urea groups is 1. The fourth-order valence-corrected chi connectivity index (χ4v) is 7.07. The molecule has 3 aliphatic rings. The summed E-state index contributed by atoms with van der Waals surface area (Å²) in [5, 5.41) is 12.6. The van der Waals surface area contributed by atoms with E-state index in [-0.39, 0.29) is 29.6 Å². The minimum Gasteiger partial charge on any atom is -0.478 e. The monoisotopic (exact) mass is 594 g/mol. The number of amides is 3. The fraction of sp³-hybridized carbons (Fsp3) is 0.417. The molecular weight excluding hydrogens is 552 g/mol. The van der Waals surface area contributed by atoms with Gasteiger partial charge in [-0.25, -0.2) is 9.59 Å². The van der Waals surface area contributed by atoms with Gasteiger partial charge in [-0.3, -0.25) is 9.69 Å². The molecule has 3 fully saturated rings. The number of likely N-dealkylation sites (tertiary alicyclic amines) is 1. The van der Waals surface area contributed by atoms with Crippen LogP contribution in [0.25, 0.3) is 0 Å². The number of piperidine rings is 1.